The van der Waals surface area contributed by atoms with E-state index in [1.54, 1.807) is 6.08 Å². The van der Waals surface area contributed by atoms with E-state index in [4.69, 9.17) is 0 Å². The highest BCUT2D eigenvalue weighted by Crippen LogP contribution is 2.28. The van der Waals surface area contributed by atoms with E-state index in [2.05, 4.69) is 10.3 Å². The van der Waals surface area contributed by atoms with E-state index >= 15 is 0 Å². The minimum Gasteiger partial charge on any atom is -0.388 e. The molecule has 3 rings (SSSR count). The van der Waals surface area contributed by atoms with Gasteiger partial charge in [0.2, 0.25) is 5.91 Å². The van der Waals surface area contributed by atoms with Crippen molar-refractivity contribution in [1.82, 2.24) is 10.3 Å². The molecule has 1 aromatic carbocycles. The lowest BCUT2D eigenvalue weighted by atomic mass is 10.0. The van der Waals surface area contributed by atoms with Crippen molar-refractivity contribution >= 4 is 22.9 Å². The lowest BCUT2D eigenvalue weighted by Crippen LogP contribution is -2.40. The summed E-state index contributed by atoms with van der Waals surface area (Å²) >= 11 is 0. The number of hydrogen-bond acceptors (Lipinski definition) is 3. The molecule has 0 saturated heterocycles. The van der Waals surface area contributed by atoms with Crippen LogP contribution in [-0.4, -0.2) is 28.1 Å². The number of hydrogen-bond donors (Lipinski definition) is 2. The summed E-state index contributed by atoms with van der Waals surface area (Å²) in [7, 11) is 0. The molecule has 0 bridgehead atoms. The Labute approximate surface area is 129 Å². The van der Waals surface area contributed by atoms with Crippen LogP contribution < -0.4 is 5.32 Å². The summed E-state index contributed by atoms with van der Waals surface area (Å²) in [6.07, 6.45) is 6.76. The molecular formula is C18H20N2O2. The van der Waals surface area contributed by atoms with Gasteiger partial charge in [0, 0.05) is 18.0 Å². The first kappa shape index (κ1) is 14.7. The number of fused-ring (bicyclic) bond motifs is 1. The van der Waals surface area contributed by atoms with Gasteiger partial charge in [-0.3, -0.25) is 4.79 Å². The Kier molecular flexibility index (Phi) is 4.20. The first-order chi connectivity index (χ1) is 10.6. The van der Waals surface area contributed by atoms with E-state index in [0.717, 1.165) is 42.3 Å². The fourth-order valence-corrected chi connectivity index (χ4v) is 2.86. The maximum atomic E-state index is 11.8. The molecule has 2 N–H and O–H groups in total. The van der Waals surface area contributed by atoms with Crippen molar-refractivity contribution < 1.29 is 9.90 Å². The molecule has 0 unspecified atom stereocenters. The van der Waals surface area contributed by atoms with Crippen LogP contribution in [0.1, 0.15) is 31.4 Å². The quantitative estimate of drug-likeness (QED) is 0.853. The third-order valence-electron chi connectivity index (χ3n) is 4.15. The predicted octanol–water partition coefficient (Wildman–Crippen LogP) is 2.67. The van der Waals surface area contributed by atoms with Crippen LogP contribution in [0.25, 0.3) is 17.0 Å². The summed E-state index contributed by atoms with van der Waals surface area (Å²) in [5.41, 5.74) is 0.934. The third-order valence-corrected chi connectivity index (χ3v) is 4.15. The number of carbonyl (C=O) groups is 1. The van der Waals surface area contributed by atoms with Crippen LogP contribution in [0.15, 0.2) is 42.5 Å². The Bertz CT molecular complexity index is 703. The van der Waals surface area contributed by atoms with Crippen molar-refractivity contribution in [3.63, 3.8) is 0 Å². The zero-order chi connectivity index (χ0) is 15.4. The molecule has 22 heavy (non-hydrogen) atoms. The fraction of sp³-hybridized carbons (Fsp3) is 0.333. The molecule has 1 heterocycles. The fourth-order valence-electron chi connectivity index (χ4n) is 2.86. The predicted molar refractivity (Wildman–Crippen MR) is 87.2 cm³/mol. The summed E-state index contributed by atoms with van der Waals surface area (Å²) in [4.78, 5) is 16.3. The normalized spacial score (nSPS) is 17.1. The summed E-state index contributed by atoms with van der Waals surface area (Å²) in [6, 6.07) is 11.7. The van der Waals surface area contributed by atoms with Crippen LogP contribution >= 0.6 is 0 Å². The van der Waals surface area contributed by atoms with Gasteiger partial charge in [0.05, 0.1) is 16.8 Å². The number of amides is 1. The highest BCUT2D eigenvalue weighted by molar-refractivity contribution is 5.92. The first-order valence-corrected chi connectivity index (χ1v) is 7.69. The number of aliphatic hydroxyl groups is 1. The Morgan fingerprint density at radius 2 is 2.00 bits per heavy atom. The molecule has 0 atom stereocenters. The summed E-state index contributed by atoms with van der Waals surface area (Å²) in [6.45, 7) is 0.321. The Morgan fingerprint density at radius 1 is 1.23 bits per heavy atom. The standard InChI is InChI=1S/C18H20N2O2/c21-17(19-13-18(22)11-3-4-12-18)10-9-15-8-7-14-5-1-2-6-16(14)20-15/h1-2,5-10,22H,3-4,11-13H2,(H,19,21)/b10-9+. The lowest BCUT2D eigenvalue weighted by Gasteiger charge is -2.21. The molecule has 1 aromatic heterocycles. The zero-order valence-electron chi connectivity index (χ0n) is 12.5. The van der Waals surface area contributed by atoms with Crippen molar-refractivity contribution in [3.05, 3.63) is 48.2 Å². The largest absolute Gasteiger partial charge is 0.388 e. The van der Waals surface area contributed by atoms with Crippen molar-refractivity contribution in [2.75, 3.05) is 6.54 Å². The van der Waals surface area contributed by atoms with E-state index in [-0.39, 0.29) is 5.91 Å². The number of pyridine rings is 1. The van der Waals surface area contributed by atoms with Gasteiger partial charge in [-0.15, -0.1) is 0 Å². The van der Waals surface area contributed by atoms with E-state index in [0.29, 0.717) is 6.54 Å². The second-order valence-electron chi connectivity index (χ2n) is 5.91. The van der Waals surface area contributed by atoms with Crippen LogP contribution in [0.2, 0.25) is 0 Å². The van der Waals surface area contributed by atoms with Gasteiger partial charge in [-0.25, -0.2) is 4.98 Å². The van der Waals surface area contributed by atoms with Gasteiger partial charge in [0.15, 0.2) is 0 Å². The molecule has 114 valence electrons. The third kappa shape index (κ3) is 3.52. The van der Waals surface area contributed by atoms with Gasteiger partial charge in [-0.2, -0.15) is 0 Å². The number of rotatable bonds is 4. The van der Waals surface area contributed by atoms with Crippen LogP contribution in [0.4, 0.5) is 0 Å². The summed E-state index contributed by atoms with van der Waals surface area (Å²) in [5, 5.41) is 14.0. The van der Waals surface area contributed by atoms with Crippen LogP contribution in [0.5, 0.6) is 0 Å². The maximum absolute atomic E-state index is 11.8. The van der Waals surface area contributed by atoms with Gasteiger partial charge in [0.25, 0.3) is 0 Å². The number of carbonyl (C=O) groups excluding carboxylic acids is 1. The van der Waals surface area contributed by atoms with Crippen LogP contribution in [0.3, 0.4) is 0 Å². The highest BCUT2D eigenvalue weighted by Gasteiger charge is 2.30. The molecule has 2 aromatic rings. The number of nitrogens with one attached hydrogen (secondary N) is 1. The molecule has 0 radical (unpaired) electrons. The molecule has 0 spiro atoms. The van der Waals surface area contributed by atoms with Gasteiger partial charge in [-0.05, 0) is 31.1 Å². The summed E-state index contributed by atoms with van der Waals surface area (Å²) in [5.74, 6) is -0.199. The molecule has 1 amide bonds. The molecule has 4 heteroatoms. The smallest absolute Gasteiger partial charge is 0.244 e. The van der Waals surface area contributed by atoms with E-state index < -0.39 is 5.60 Å². The van der Waals surface area contributed by atoms with Crippen molar-refractivity contribution in [2.45, 2.75) is 31.3 Å². The van der Waals surface area contributed by atoms with Gasteiger partial charge < -0.3 is 10.4 Å². The lowest BCUT2D eigenvalue weighted by molar-refractivity contribution is -0.117. The van der Waals surface area contributed by atoms with Gasteiger partial charge in [0.1, 0.15) is 0 Å². The molecule has 0 aliphatic heterocycles. The number of aromatic nitrogens is 1. The van der Waals surface area contributed by atoms with Gasteiger partial charge in [-0.1, -0.05) is 37.1 Å². The number of para-hydroxylation sites is 1. The first-order valence-electron chi connectivity index (χ1n) is 7.69. The van der Waals surface area contributed by atoms with Crippen molar-refractivity contribution in [3.8, 4) is 0 Å². The number of nitrogens with zero attached hydrogens (tertiary/aromatic N) is 1. The molecule has 4 nitrogen and oxygen atoms in total. The second kappa shape index (κ2) is 6.28. The molecule has 1 aliphatic carbocycles. The second-order valence-corrected chi connectivity index (χ2v) is 5.91. The number of benzene rings is 1. The highest BCUT2D eigenvalue weighted by atomic mass is 16.3. The molecular weight excluding hydrogens is 276 g/mol. The Balaban J connectivity index is 1.61. The van der Waals surface area contributed by atoms with Crippen LogP contribution in [-0.2, 0) is 4.79 Å². The van der Waals surface area contributed by atoms with E-state index in [9.17, 15) is 9.90 Å². The van der Waals surface area contributed by atoms with Crippen molar-refractivity contribution in [1.29, 1.82) is 0 Å². The zero-order valence-corrected chi connectivity index (χ0v) is 12.5. The van der Waals surface area contributed by atoms with E-state index in [1.807, 2.05) is 36.4 Å². The Morgan fingerprint density at radius 3 is 2.82 bits per heavy atom. The minimum atomic E-state index is -0.718. The monoisotopic (exact) mass is 296 g/mol. The average Bonchev–Trinajstić information content (AvgIpc) is 2.98. The summed E-state index contributed by atoms with van der Waals surface area (Å²) < 4.78 is 0. The average molecular weight is 296 g/mol. The van der Waals surface area contributed by atoms with Gasteiger partial charge >= 0.3 is 0 Å². The topological polar surface area (TPSA) is 62.2 Å². The van der Waals surface area contributed by atoms with Crippen LogP contribution in [0, 0.1) is 0 Å². The molecule has 1 aliphatic rings. The Hall–Kier alpha value is -2.20. The minimum absolute atomic E-state index is 0.199. The van der Waals surface area contributed by atoms with Crippen molar-refractivity contribution in [2.24, 2.45) is 0 Å². The molecule has 1 saturated carbocycles. The SMILES string of the molecule is O=C(/C=C/c1ccc2ccccc2n1)NCC1(O)CCCC1. The molecule has 1 fully saturated rings. The maximum Gasteiger partial charge on any atom is 0.244 e. The van der Waals surface area contributed by atoms with E-state index in [1.165, 1.54) is 6.08 Å².